The molecule has 1 aromatic carbocycles. The van der Waals surface area contributed by atoms with Gasteiger partial charge in [0.1, 0.15) is 18.4 Å². The predicted molar refractivity (Wildman–Crippen MR) is 73.7 cm³/mol. The molecular formula is C13H11F3N4O3. The molecule has 1 aromatic heterocycles. The van der Waals surface area contributed by atoms with Gasteiger partial charge in [0.2, 0.25) is 5.91 Å². The van der Waals surface area contributed by atoms with Crippen LogP contribution in [0, 0.1) is 17.0 Å². The highest BCUT2D eigenvalue weighted by molar-refractivity contribution is 5.91. The SMILES string of the molecule is Cc1c([N+](=O)[O-])cnn1CC(=O)Nc1ccccc1C(F)(F)F. The molecule has 1 amide bonds. The van der Waals surface area contributed by atoms with E-state index in [9.17, 15) is 28.1 Å². The summed E-state index contributed by atoms with van der Waals surface area (Å²) in [6.07, 6.45) is -3.63. The first-order valence-corrected chi connectivity index (χ1v) is 6.33. The summed E-state index contributed by atoms with van der Waals surface area (Å²) in [5, 5.41) is 16.5. The maximum Gasteiger partial charge on any atom is 0.418 e. The molecule has 0 bridgehead atoms. The van der Waals surface area contributed by atoms with E-state index in [4.69, 9.17) is 0 Å². The Morgan fingerprint density at radius 2 is 2.04 bits per heavy atom. The summed E-state index contributed by atoms with van der Waals surface area (Å²) >= 11 is 0. The second-order valence-electron chi connectivity index (χ2n) is 4.62. The number of amides is 1. The van der Waals surface area contributed by atoms with Gasteiger partial charge < -0.3 is 5.32 Å². The van der Waals surface area contributed by atoms with Crippen LogP contribution in [0.15, 0.2) is 30.5 Å². The third-order valence-electron chi connectivity index (χ3n) is 3.07. The summed E-state index contributed by atoms with van der Waals surface area (Å²) in [5.41, 5.74) is -1.50. The standard InChI is InChI=1S/C13H11F3N4O3/c1-8-11(20(22)23)6-17-19(8)7-12(21)18-10-5-3-2-4-9(10)13(14,15)16/h2-6H,7H2,1H3,(H,18,21). The molecule has 0 aliphatic carbocycles. The summed E-state index contributed by atoms with van der Waals surface area (Å²) in [5.74, 6) is -0.775. The predicted octanol–water partition coefficient (Wildman–Crippen LogP) is 2.76. The Balaban J connectivity index is 2.17. The Morgan fingerprint density at radius 3 is 2.61 bits per heavy atom. The number of alkyl halides is 3. The van der Waals surface area contributed by atoms with E-state index in [-0.39, 0.29) is 17.1 Å². The van der Waals surface area contributed by atoms with E-state index in [0.29, 0.717) is 0 Å². The lowest BCUT2D eigenvalue weighted by Gasteiger charge is -2.13. The minimum absolute atomic E-state index is 0.134. The molecule has 2 aromatic rings. The summed E-state index contributed by atoms with van der Waals surface area (Å²) in [4.78, 5) is 21.9. The lowest BCUT2D eigenvalue weighted by molar-refractivity contribution is -0.385. The van der Waals surface area contributed by atoms with E-state index in [2.05, 4.69) is 10.4 Å². The molecule has 0 unspecified atom stereocenters. The van der Waals surface area contributed by atoms with E-state index >= 15 is 0 Å². The molecule has 0 aliphatic heterocycles. The van der Waals surface area contributed by atoms with E-state index in [0.717, 1.165) is 23.0 Å². The van der Waals surface area contributed by atoms with Gasteiger partial charge in [0, 0.05) is 0 Å². The fourth-order valence-electron chi connectivity index (χ4n) is 1.94. The molecule has 1 heterocycles. The zero-order valence-corrected chi connectivity index (χ0v) is 11.8. The monoisotopic (exact) mass is 328 g/mol. The van der Waals surface area contributed by atoms with Crippen LogP contribution in [-0.2, 0) is 17.5 Å². The van der Waals surface area contributed by atoms with Gasteiger partial charge in [-0.25, -0.2) is 0 Å². The number of para-hydroxylation sites is 1. The largest absolute Gasteiger partial charge is 0.418 e. The van der Waals surface area contributed by atoms with Gasteiger partial charge in [-0.15, -0.1) is 0 Å². The van der Waals surface area contributed by atoms with Crippen molar-refractivity contribution in [3.05, 3.63) is 51.8 Å². The van der Waals surface area contributed by atoms with Gasteiger partial charge in [0.25, 0.3) is 0 Å². The molecule has 1 N–H and O–H groups in total. The van der Waals surface area contributed by atoms with Gasteiger partial charge in [-0.3, -0.25) is 19.6 Å². The van der Waals surface area contributed by atoms with E-state index < -0.39 is 29.1 Å². The fourth-order valence-corrected chi connectivity index (χ4v) is 1.94. The molecule has 122 valence electrons. The van der Waals surface area contributed by atoms with Crippen molar-refractivity contribution in [2.24, 2.45) is 0 Å². The highest BCUT2D eigenvalue weighted by Crippen LogP contribution is 2.34. The number of halogens is 3. The highest BCUT2D eigenvalue weighted by Gasteiger charge is 2.33. The van der Waals surface area contributed by atoms with Gasteiger partial charge >= 0.3 is 11.9 Å². The van der Waals surface area contributed by atoms with Crippen LogP contribution in [0.3, 0.4) is 0 Å². The van der Waals surface area contributed by atoms with Crippen molar-refractivity contribution in [3.63, 3.8) is 0 Å². The van der Waals surface area contributed by atoms with Crippen molar-refractivity contribution in [2.75, 3.05) is 5.32 Å². The van der Waals surface area contributed by atoms with Gasteiger partial charge in [0.15, 0.2) is 0 Å². The average molecular weight is 328 g/mol. The van der Waals surface area contributed by atoms with Crippen molar-refractivity contribution in [3.8, 4) is 0 Å². The van der Waals surface area contributed by atoms with Crippen LogP contribution < -0.4 is 5.32 Å². The number of carbonyl (C=O) groups excluding carboxylic acids is 1. The highest BCUT2D eigenvalue weighted by atomic mass is 19.4. The van der Waals surface area contributed by atoms with Crippen LogP contribution >= 0.6 is 0 Å². The van der Waals surface area contributed by atoms with E-state index in [1.54, 1.807) is 0 Å². The molecule has 0 saturated carbocycles. The Kier molecular flexibility index (Phi) is 4.34. The second-order valence-corrected chi connectivity index (χ2v) is 4.62. The molecule has 0 spiro atoms. The van der Waals surface area contributed by atoms with Gasteiger partial charge in [0.05, 0.1) is 16.2 Å². The van der Waals surface area contributed by atoms with Gasteiger partial charge in [-0.05, 0) is 19.1 Å². The Hall–Kier alpha value is -2.91. The van der Waals surface area contributed by atoms with Crippen molar-refractivity contribution in [1.82, 2.24) is 9.78 Å². The maximum atomic E-state index is 12.8. The van der Waals surface area contributed by atoms with E-state index in [1.165, 1.54) is 19.1 Å². The lowest BCUT2D eigenvalue weighted by Crippen LogP contribution is -2.22. The number of anilines is 1. The molecular weight excluding hydrogens is 317 g/mol. The summed E-state index contributed by atoms with van der Waals surface area (Å²) in [6.45, 7) is 0.952. The Morgan fingerprint density at radius 1 is 1.39 bits per heavy atom. The maximum absolute atomic E-state index is 12.8. The first-order chi connectivity index (χ1) is 10.7. The minimum atomic E-state index is -4.61. The number of rotatable bonds is 4. The lowest BCUT2D eigenvalue weighted by atomic mass is 10.1. The topological polar surface area (TPSA) is 90.1 Å². The van der Waals surface area contributed by atoms with Gasteiger partial charge in [-0.2, -0.15) is 18.3 Å². The summed E-state index contributed by atoms with van der Waals surface area (Å²) in [7, 11) is 0. The molecule has 0 fully saturated rings. The number of carbonyl (C=O) groups is 1. The Labute approximate surface area is 127 Å². The zero-order valence-electron chi connectivity index (χ0n) is 11.8. The third kappa shape index (κ3) is 3.65. The number of hydrogen-bond donors (Lipinski definition) is 1. The number of hydrogen-bond acceptors (Lipinski definition) is 4. The summed E-state index contributed by atoms with van der Waals surface area (Å²) in [6, 6.07) is 4.53. The van der Waals surface area contributed by atoms with Crippen LogP contribution in [0.5, 0.6) is 0 Å². The summed E-state index contributed by atoms with van der Waals surface area (Å²) < 4.78 is 39.6. The number of nitrogens with zero attached hydrogens (tertiary/aromatic N) is 3. The molecule has 23 heavy (non-hydrogen) atoms. The normalized spacial score (nSPS) is 11.3. The number of nitrogens with one attached hydrogen (secondary N) is 1. The first-order valence-electron chi connectivity index (χ1n) is 6.33. The minimum Gasteiger partial charge on any atom is -0.324 e. The van der Waals surface area contributed by atoms with Crippen molar-refractivity contribution in [1.29, 1.82) is 0 Å². The molecule has 10 heteroatoms. The second kappa shape index (κ2) is 6.07. The first kappa shape index (κ1) is 16.5. The third-order valence-corrected chi connectivity index (χ3v) is 3.07. The molecule has 0 saturated heterocycles. The van der Waals surface area contributed by atoms with Crippen LogP contribution in [0.25, 0.3) is 0 Å². The van der Waals surface area contributed by atoms with Crippen molar-refractivity contribution < 1.29 is 22.9 Å². The molecule has 0 radical (unpaired) electrons. The average Bonchev–Trinajstić information content (AvgIpc) is 2.79. The van der Waals surface area contributed by atoms with Crippen LogP contribution in [0.2, 0.25) is 0 Å². The smallest absolute Gasteiger partial charge is 0.324 e. The fraction of sp³-hybridized carbons (Fsp3) is 0.231. The number of nitro groups is 1. The molecule has 2 rings (SSSR count). The molecule has 7 nitrogen and oxygen atoms in total. The van der Waals surface area contributed by atoms with Crippen LogP contribution in [0.4, 0.5) is 24.5 Å². The van der Waals surface area contributed by atoms with Crippen molar-refractivity contribution in [2.45, 2.75) is 19.6 Å². The van der Waals surface area contributed by atoms with Crippen LogP contribution in [-0.4, -0.2) is 20.6 Å². The Bertz CT molecular complexity index is 755. The van der Waals surface area contributed by atoms with E-state index in [1.807, 2.05) is 0 Å². The number of benzene rings is 1. The molecule has 0 aliphatic rings. The van der Waals surface area contributed by atoms with Crippen LogP contribution in [0.1, 0.15) is 11.3 Å². The van der Waals surface area contributed by atoms with Gasteiger partial charge in [-0.1, -0.05) is 12.1 Å². The zero-order chi connectivity index (χ0) is 17.2. The number of aromatic nitrogens is 2. The quantitative estimate of drug-likeness (QED) is 0.690. The molecule has 0 atom stereocenters. The van der Waals surface area contributed by atoms with Crippen molar-refractivity contribution >= 4 is 17.3 Å².